The molecule has 0 aliphatic heterocycles. The predicted octanol–water partition coefficient (Wildman–Crippen LogP) is 2.75. The third-order valence-electron chi connectivity index (χ3n) is 2.62. The van der Waals surface area contributed by atoms with E-state index >= 15 is 0 Å². The van der Waals surface area contributed by atoms with Gasteiger partial charge in [-0.1, -0.05) is 19.1 Å². The van der Waals surface area contributed by atoms with Gasteiger partial charge in [-0.15, -0.1) is 0 Å². The topological polar surface area (TPSA) is 21.3 Å². The Labute approximate surface area is 96.8 Å². The fourth-order valence-electron chi connectivity index (χ4n) is 1.56. The maximum atomic E-state index is 11.9. The number of benzene rings is 1. The number of hydrogen-bond acceptors (Lipinski definition) is 2. The van der Waals surface area contributed by atoms with Crippen LogP contribution in [0.1, 0.15) is 24.8 Å². The summed E-state index contributed by atoms with van der Waals surface area (Å²) in [7, 11) is 1.66. The molecule has 0 saturated carbocycles. The van der Waals surface area contributed by atoms with Crippen LogP contribution in [0.3, 0.4) is 0 Å². The highest BCUT2D eigenvalue weighted by molar-refractivity contribution is 5.29. The van der Waals surface area contributed by atoms with Gasteiger partial charge in [0.25, 0.3) is 0 Å². The normalized spacial score (nSPS) is 12.4. The van der Waals surface area contributed by atoms with Gasteiger partial charge in [-0.3, -0.25) is 4.39 Å². The first kappa shape index (κ1) is 13.0. The number of alkyl halides is 1. The Morgan fingerprint density at radius 2 is 2.00 bits per heavy atom. The minimum absolute atomic E-state index is 0.246. The third kappa shape index (κ3) is 4.19. The van der Waals surface area contributed by atoms with Gasteiger partial charge in [0, 0.05) is 6.54 Å². The van der Waals surface area contributed by atoms with Crippen LogP contribution in [0.5, 0.6) is 5.75 Å². The summed E-state index contributed by atoms with van der Waals surface area (Å²) in [5.74, 6) is 1.31. The van der Waals surface area contributed by atoms with E-state index in [1.165, 1.54) is 5.56 Å². The summed E-state index contributed by atoms with van der Waals surface area (Å²) in [5, 5.41) is 3.24. The standard InChI is InChI=1S/C13H20FNO/c1-11(10-15-9-3-8-14)12-4-6-13(16-2)7-5-12/h4-7,11,15H,3,8-10H2,1-2H3. The van der Waals surface area contributed by atoms with E-state index in [0.717, 1.165) is 18.8 Å². The summed E-state index contributed by atoms with van der Waals surface area (Å²) >= 11 is 0. The molecule has 0 bridgehead atoms. The van der Waals surface area contributed by atoms with E-state index in [1.54, 1.807) is 7.11 Å². The molecule has 90 valence electrons. The molecule has 0 amide bonds. The number of nitrogens with one attached hydrogen (secondary N) is 1. The van der Waals surface area contributed by atoms with Crippen molar-refractivity contribution in [2.75, 3.05) is 26.9 Å². The van der Waals surface area contributed by atoms with Crippen LogP contribution in [0.25, 0.3) is 0 Å². The number of rotatable bonds is 7. The molecule has 0 radical (unpaired) electrons. The van der Waals surface area contributed by atoms with Crippen molar-refractivity contribution in [3.8, 4) is 5.75 Å². The molecule has 0 heterocycles. The molecule has 0 spiro atoms. The second-order valence-electron chi connectivity index (χ2n) is 3.92. The van der Waals surface area contributed by atoms with Gasteiger partial charge in [0.15, 0.2) is 0 Å². The number of ether oxygens (including phenoxy) is 1. The molecule has 1 atom stereocenters. The highest BCUT2D eigenvalue weighted by Crippen LogP contribution is 2.18. The Morgan fingerprint density at radius 1 is 1.31 bits per heavy atom. The number of hydrogen-bond donors (Lipinski definition) is 1. The average Bonchev–Trinajstić information content (AvgIpc) is 2.34. The summed E-state index contributed by atoms with van der Waals surface area (Å²) in [6, 6.07) is 8.07. The zero-order valence-electron chi connectivity index (χ0n) is 10.0. The molecule has 1 rings (SSSR count). The van der Waals surface area contributed by atoms with Gasteiger partial charge < -0.3 is 10.1 Å². The number of halogens is 1. The quantitative estimate of drug-likeness (QED) is 0.720. The van der Waals surface area contributed by atoms with E-state index in [9.17, 15) is 4.39 Å². The van der Waals surface area contributed by atoms with E-state index in [4.69, 9.17) is 4.74 Å². The molecular formula is C13H20FNO. The average molecular weight is 225 g/mol. The first-order valence-corrected chi connectivity index (χ1v) is 5.68. The molecule has 0 saturated heterocycles. The van der Waals surface area contributed by atoms with Crippen molar-refractivity contribution in [1.82, 2.24) is 5.32 Å². The van der Waals surface area contributed by atoms with Crippen LogP contribution in [0.4, 0.5) is 4.39 Å². The minimum Gasteiger partial charge on any atom is -0.497 e. The Balaban J connectivity index is 2.37. The summed E-state index contributed by atoms with van der Waals surface area (Å²) in [5.41, 5.74) is 1.27. The second kappa shape index (κ2) is 7.23. The van der Waals surface area contributed by atoms with E-state index in [0.29, 0.717) is 12.3 Å². The molecule has 1 unspecified atom stereocenters. The van der Waals surface area contributed by atoms with Gasteiger partial charge in [-0.25, -0.2) is 0 Å². The maximum absolute atomic E-state index is 11.9. The van der Waals surface area contributed by atoms with Gasteiger partial charge in [0.1, 0.15) is 5.75 Å². The lowest BCUT2D eigenvalue weighted by molar-refractivity contribution is 0.414. The molecule has 0 aliphatic rings. The van der Waals surface area contributed by atoms with Crippen LogP contribution < -0.4 is 10.1 Å². The second-order valence-corrected chi connectivity index (χ2v) is 3.92. The van der Waals surface area contributed by atoms with E-state index < -0.39 is 0 Å². The molecule has 0 aromatic heterocycles. The van der Waals surface area contributed by atoms with Gasteiger partial charge >= 0.3 is 0 Å². The first-order chi connectivity index (χ1) is 7.77. The zero-order valence-corrected chi connectivity index (χ0v) is 10.0. The monoisotopic (exact) mass is 225 g/mol. The van der Waals surface area contributed by atoms with Crippen molar-refractivity contribution in [2.24, 2.45) is 0 Å². The predicted molar refractivity (Wildman–Crippen MR) is 64.9 cm³/mol. The van der Waals surface area contributed by atoms with E-state index in [1.807, 2.05) is 12.1 Å². The van der Waals surface area contributed by atoms with E-state index in [2.05, 4.69) is 24.4 Å². The largest absolute Gasteiger partial charge is 0.497 e. The fourth-order valence-corrected chi connectivity index (χ4v) is 1.56. The first-order valence-electron chi connectivity index (χ1n) is 5.68. The van der Waals surface area contributed by atoms with Crippen molar-refractivity contribution >= 4 is 0 Å². The molecule has 1 aromatic rings. The van der Waals surface area contributed by atoms with Gasteiger partial charge in [-0.05, 0) is 36.6 Å². The Bertz CT molecular complexity index is 286. The zero-order chi connectivity index (χ0) is 11.8. The Hall–Kier alpha value is -1.09. The summed E-state index contributed by atoms with van der Waals surface area (Å²) in [6.07, 6.45) is 0.593. The van der Waals surface area contributed by atoms with Crippen LogP contribution in [-0.4, -0.2) is 26.9 Å². The van der Waals surface area contributed by atoms with Gasteiger partial charge in [-0.2, -0.15) is 0 Å². The molecule has 16 heavy (non-hydrogen) atoms. The lowest BCUT2D eigenvalue weighted by atomic mass is 10.0. The van der Waals surface area contributed by atoms with Crippen molar-refractivity contribution < 1.29 is 9.13 Å². The van der Waals surface area contributed by atoms with Gasteiger partial charge in [0.05, 0.1) is 13.8 Å². The summed E-state index contributed by atoms with van der Waals surface area (Å²) in [4.78, 5) is 0. The maximum Gasteiger partial charge on any atom is 0.118 e. The van der Waals surface area contributed by atoms with Gasteiger partial charge in [0.2, 0.25) is 0 Å². The van der Waals surface area contributed by atoms with Crippen LogP contribution >= 0.6 is 0 Å². The summed E-state index contributed by atoms with van der Waals surface area (Å²) < 4.78 is 17.0. The SMILES string of the molecule is COc1ccc(C(C)CNCCCF)cc1. The molecule has 1 N–H and O–H groups in total. The van der Waals surface area contributed by atoms with Crippen LogP contribution in [0, 0.1) is 0 Å². The molecule has 0 fully saturated rings. The van der Waals surface area contributed by atoms with Crippen molar-refractivity contribution in [3.05, 3.63) is 29.8 Å². The van der Waals surface area contributed by atoms with Crippen LogP contribution in [0.2, 0.25) is 0 Å². The van der Waals surface area contributed by atoms with Crippen LogP contribution in [0.15, 0.2) is 24.3 Å². The van der Waals surface area contributed by atoms with Crippen molar-refractivity contribution in [2.45, 2.75) is 19.3 Å². The fraction of sp³-hybridized carbons (Fsp3) is 0.538. The molecule has 1 aromatic carbocycles. The Morgan fingerprint density at radius 3 is 2.56 bits per heavy atom. The lowest BCUT2D eigenvalue weighted by Gasteiger charge is -2.13. The third-order valence-corrected chi connectivity index (χ3v) is 2.62. The lowest BCUT2D eigenvalue weighted by Crippen LogP contribution is -2.21. The molecule has 2 nitrogen and oxygen atoms in total. The molecular weight excluding hydrogens is 205 g/mol. The molecule has 3 heteroatoms. The molecule has 0 aliphatic carbocycles. The highest BCUT2D eigenvalue weighted by atomic mass is 19.1. The number of methoxy groups -OCH3 is 1. The van der Waals surface area contributed by atoms with E-state index in [-0.39, 0.29) is 6.67 Å². The van der Waals surface area contributed by atoms with Crippen molar-refractivity contribution in [3.63, 3.8) is 0 Å². The highest BCUT2D eigenvalue weighted by Gasteiger charge is 2.04. The summed E-state index contributed by atoms with van der Waals surface area (Å²) in [6.45, 7) is 3.54. The minimum atomic E-state index is -0.246. The Kier molecular flexibility index (Phi) is 5.86. The van der Waals surface area contributed by atoms with Crippen LogP contribution in [-0.2, 0) is 0 Å². The smallest absolute Gasteiger partial charge is 0.118 e. The van der Waals surface area contributed by atoms with Crippen molar-refractivity contribution in [1.29, 1.82) is 0 Å².